The highest BCUT2D eigenvalue weighted by molar-refractivity contribution is 7.89. The molecule has 8 heteroatoms. The second kappa shape index (κ2) is 7.12. The van der Waals surface area contributed by atoms with Gasteiger partial charge in [-0.2, -0.15) is 5.10 Å². The molecule has 1 aromatic carbocycles. The van der Waals surface area contributed by atoms with Crippen molar-refractivity contribution >= 4 is 10.0 Å². The number of nitrogens with one attached hydrogen (secondary N) is 1. The van der Waals surface area contributed by atoms with E-state index in [1.54, 1.807) is 30.2 Å². The summed E-state index contributed by atoms with van der Waals surface area (Å²) in [6.45, 7) is 2.12. The van der Waals surface area contributed by atoms with Gasteiger partial charge in [0.05, 0.1) is 17.1 Å². The number of halogens is 1. The Kier molecular flexibility index (Phi) is 4.91. The van der Waals surface area contributed by atoms with Gasteiger partial charge in [0, 0.05) is 30.7 Å². The number of rotatable bonds is 6. The summed E-state index contributed by atoms with van der Waals surface area (Å²) in [7, 11) is -3.69. The lowest BCUT2D eigenvalue weighted by atomic mass is 10.2. The second-order valence-corrected chi connectivity index (χ2v) is 7.24. The van der Waals surface area contributed by atoms with E-state index in [9.17, 15) is 12.8 Å². The third-order valence-corrected chi connectivity index (χ3v) is 5.30. The van der Waals surface area contributed by atoms with Crippen molar-refractivity contribution in [1.29, 1.82) is 0 Å². The van der Waals surface area contributed by atoms with Crippen molar-refractivity contribution in [3.05, 3.63) is 66.4 Å². The largest absolute Gasteiger partial charge is 0.271 e. The Hall–Kier alpha value is -2.58. The van der Waals surface area contributed by atoms with Gasteiger partial charge in [0.25, 0.3) is 0 Å². The lowest BCUT2D eigenvalue weighted by molar-refractivity contribution is 0.560. The lowest BCUT2D eigenvalue weighted by Crippen LogP contribution is -2.28. The molecule has 2 heterocycles. The Morgan fingerprint density at radius 2 is 1.92 bits per heavy atom. The molecular weight excluding hydrogens is 343 g/mol. The third kappa shape index (κ3) is 4.09. The highest BCUT2D eigenvalue weighted by atomic mass is 32.2. The fourth-order valence-electron chi connectivity index (χ4n) is 2.45. The average Bonchev–Trinajstić information content (AvgIpc) is 3.04. The Labute approximate surface area is 145 Å². The van der Waals surface area contributed by atoms with Crippen LogP contribution in [0.3, 0.4) is 0 Å². The van der Waals surface area contributed by atoms with Crippen molar-refractivity contribution in [3.8, 4) is 11.3 Å². The molecule has 2 aromatic heterocycles. The maximum atomic E-state index is 13.1. The van der Waals surface area contributed by atoms with Gasteiger partial charge >= 0.3 is 0 Å². The van der Waals surface area contributed by atoms with Gasteiger partial charge in [-0.3, -0.25) is 9.67 Å². The number of aromatic nitrogens is 3. The number of hydrogen-bond acceptors (Lipinski definition) is 4. The summed E-state index contributed by atoms with van der Waals surface area (Å²) in [4.78, 5) is 4.04. The highest BCUT2D eigenvalue weighted by Gasteiger charge is 2.16. The van der Waals surface area contributed by atoms with E-state index in [-0.39, 0.29) is 11.4 Å². The molecule has 0 unspecified atom stereocenters. The molecule has 3 rings (SSSR count). The standard InChI is InChI=1S/C17H17FN4O2S/c1-13-12-15(18)2-3-17(13)25(23,24)20-9-11-22-10-6-16(21-22)14-4-7-19-8-5-14/h2-8,10,12,20H,9,11H2,1H3. The van der Waals surface area contributed by atoms with E-state index in [2.05, 4.69) is 14.8 Å². The molecule has 3 aromatic rings. The quantitative estimate of drug-likeness (QED) is 0.732. The van der Waals surface area contributed by atoms with Crippen molar-refractivity contribution in [2.75, 3.05) is 6.54 Å². The summed E-state index contributed by atoms with van der Waals surface area (Å²) in [5.41, 5.74) is 2.10. The fourth-order valence-corrected chi connectivity index (χ4v) is 3.70. The molecule has 1 N–H and O–H groups in total. The maximum absolute atomic E-state index is 13.1. The zero-order valence-corrected chi connectivity index (χ0v) is 14.4. The van der Waals surface area contributed by atoms with Crippen LogP contribution >= 0.6 is 0 Å². The molecule has 0 saturated heterocycles. The Bertz CT molecular complexity index is 971. The van der Waals surface area contributed by atoms with Crippen molar-refractivity contribution in [2.24, 2.45) is 0 Å². The van der Waals surface area contributed by atoms with Gasteiger partial charge in [0.1, 0.15) is 5.82 Å². The van der Waals surface area contributed by atoms with Gasteiger partial charge in [-0.25, -0.2) is 17.5 Å². The molecule has 0 saturated carbocycles. The lowest BCUT2D eigenvalue weighted by Gasteiger charge is -2.09. The van der Waals surface area contributed by atoms with Gasteiger partial charge in [-0.05, 0) is 48.9 Å². The zero-order chi connectivity index (χ0) is 17.9. The third-order valence-electron chi connectivity index (χ3n) is 3.68. The summed E-state index contributed by atoms with van der Waals surface area (Å²) >= 11 is 0. The van der Waals surface area contributed by atoms with E-state index in [0.717, 1.165) is 17.3 Å². The molecular formula is C17H17FN4O2S. The molecule has 0 atom stereocenters. The predicted molar refractivity (Wildman–Crippen MR) is 91.8 cm³/mol. The van der Waals surface area contributed by atoms with Gasteiger partial charge in [0.15, 0.2) is 0 Å². The summed E-state index contributed by atoms with van der Waals surface area (Å²) in [5.74, 6) is -0.461. The van der Waals surface area contributed by atoms with Crippen molar-refractivity contribution in [1.82, 2.24) is 19.5 Å². The normalized spacial score (nSPS) is 11.6. The first-order chi connectivity index (χ1) is 12.0. The first kappa shape index (κ1) is 17.2. The average molecular weight is 360 g/mol. The minimum atomic E-state index is -3.69. The molecule has 0 bridgehead atoms. The van der Waals surface area contributed by atoms with Crippen LogP contribution in [0.15, 0.2) is 59.9 Å². The molecule has 6 nitrogen and oxygen atoms in total. The van der Waals surface area contributed by atoms with E-state index in [0.29, 0.717) is 12.1 Å². The van der Waals surface area contributed by atoms with Crippen LogP contribution in [0, 0.1) is 12.7 Å². The fraction of sp³-hybridized carbons (Fsp3) is 0.176. The van der Waals surface area contributed by atoms with E-state index in [1.165, 1.54) is 12.1 Å². The smallest absolute Gasteiger partial charge is 0.240 e. The van der Waals surface area contributed by atoms with Crippen LogP contribution in [0.1, 0.15) is 5.56 Å². The van der Waals surface area contributed by atoms with Crippen LogP contribution in [0.4, 0.5) is 4.39 Å². The molecule has 0 radical (unpaired) electrons. The summed E-state index contributed by atoms with van der Waals surface area (Å²) in [6, 6.07) is 9.16. The van der Waals surface area contributed by atoms with Gasteiger partial charge < -0.3 is 0 Å². The van der Waals surface area contributed by atoms with Crippen LogP contribution in [-0.4, -0.2) is 29.7 Å². The van der Waals surface area contributed by atoms with Gasteiger partial charge in [0.2, 0.25) is 10.0 Å². The van der Waals surface area contributed by atoms with Crippen molar-refractivity contribution < 1.29 is 12.8 Å². The first-order valence-electron chi connectivity index (χ1n) is 7.65. The number of sulfonamides is 1. The molecule has 25 heavy (non-hydrogen) atoms. The highest BCUT2D eigenvalue weighted by Crippen LogP contribution is 2.16. The molecule has 0 aliphatic rings. The number of aryl methyl sites for hydroxylation is 1. The maximum Gasteiger partial charge on any atom is 0.240 e. The monoisotopic (exact) mass is 360 g/mol. The van der Waals surface area contributed by atoms with Crippen LogP contribution < -0.4 is 4.72 Å². The minimum absolute atomic E-state index is 0.0758. The number of nitrogens with zero attached hydrogens (tertiary/aromatic N) is 3. The molecule has 0 fully saturated rings. The molecule has 0 amide bonds. The van der Waals surface area contributed by atoms with E-state index < -0.39 is 15.8 Å². The van der Waals surface area contributed by atoms with Gasteiger partial charge in [-0.1, -0.05) is 0 Å². The van der Waals surface area contributed by atoms with Crippen molar-refractivity contribution in [3.63, 3.8) is 0 Å². The number of pyridine rings is 1. The summed E-state index contributed by atoms with van der Waals surface area (Å²) < 4.78 is 41.9. The Balaban J connectivity index is 1.64. The number of hydrogen-bond donors (Lipinski definition) is 1. The van der Waals surface area contributed by atoms with E-state index >= 15 is 0 Å². The Morgan fingerprint density at radius 1 is 1.16 bits per heavy atom. The van der Waals surface area contributed by atoms with Crippen molar-refractivity contribution in [2.45, 2.75) is 18.4 Å². The van der Waals surface area contributed by atoms with Crippen LogP contribution in [0.25, 0.3) is 11.3 Å². The zero-order valence-electron chi connectivity index (χ0n) is 13.6. The second-order valence-electron chi connectivity index (χ2n) is 5.51. The van der Waals surface area contributed by atoms with Gasteiger partial charge in [-0.15, -0.1) is 0 Å². The SMILES string of the molecule is Cc1cc(F)ccc1S(=O)(=O)NCCn1ccc(-c2ccncc2)n1. The van der Waals surface area contributed by atoms with Crippen LogP contribution in [-0.2, 0) is 16.6 Å². The summed E-state index contributed by atoms with van der Waals surface area (Å²) in [6.07, 6.45) is 5.16. The van der Waals surface area contributed by atoms with E-state index in [4.69, 9.17) is 0 Å². The first-order valence-corrected chi connectivity index (χ1v) is 9.14. The Morgan fingerprint density at radius 3 is 2.64 bits per heavy atom. The van der Waals surface area contributed by atoms with Crippen LogP contribution in [0.5, 0.6) is 0 Å². The molecule has 0 spiro atoms. The molecule has 130 valence electrons. The topological polar surface area (TPSA) is 76.9 Å². The van der Waals surface area contributed by atoms with E-state index in [1.807, 2.05) is 18.2 Å². The molecule has 0 aliphatic carbocycles. The predicted octanol–water partition coefficient (Wildman–Crippen LogP) is 2.37. The summed E-state index contributed by atoms with van der Waals surface area (Å²) in [5, 5.41) is 4.41. The minimum Gasteiger partial charge on any atom is -0.271 e. The number of benzene rings is 1. The molecule has 0 aliphatic heterocycles. The van der Waals surface area contributed by atoms with Crippen LogP contribution in [0.2, 0.25) is 0 Å².